The molecule has 2 N–H and O–H groups in total. The highest BCUT2D eigenvalue weighted by atomic mass is 32.1. The largest absolute Gasteiger partial charge is 0.494 e. The Morgan fingerprint density at radius 1 is 1.08 bits per heavy atom. The SMILES string of the molecule is CCOc1ccc(NC(=S)NC(c2ccccc2C)C(C)C)cc1. The van der Waals surface area contributed by atoms with Gasteiger partial charge in [0, 0.05) is 5.69 Å². The van der Waals surface area contributed by atoms with Crippen LogP contribution in [0.4, 0.5) is 5.69 Å². The normalized spacial score (nSPS) is 11.9. The highest BCUT2D eigenvalue weighted by Crippen LogP contribution is 2.25. The summed E-state index contributed by atoms with van der Waals surface area (Å²) in [5, 5.41) is 7.33. The Balaban J connectivity index is 2.04. The number of hydrogen-bond acceptors (Lipinski definition) is 2. The zero-order chi connectivity index (χ0) is 17.5. The molecule has 0 heterocycles. The number of ether oxygens (including phenoxy) is 1. The fourth-order valence-electron chi connectivity index (χ4n) is 2.65. The zero-order valence-corrected chi connectivity index (χ0v) is 15.6. The van der Waals surface area contributed by atoms with Crippen molar-refractivity contribution in [3.8, 4) is 5.75 Å². The molecular weight excluding hydrogens is 316 g/mol. The molecule has 2 aromatic carbocycles. The van der Waals surface area contributed by atoms with Crippen LogP contribution in [-0.4, -0.2) is 11.7 Å². The smallest absolute Gasteiger partial charge is 0.171 e. The second-order valence-electron chi connectivity index (χ2n) is 6.13. The second kappa shape index (κ2) is 8.69. The van der Waals surface area contributed by atoms with Crippen LogP contribution in [0.2, 0.25) is 0 Å². The molecule has 0 amide bonds. The average molecular weight is 343 g/mol. The van der Waals surface area contributed by atoms with Crippen molar-refractivity contribution in [3.05, 3.63) is 59.7 Å². The molecule has 0 bridgehead atoms. The van der Waals surface area contributed by atoms with E-state index in [1.54, 1.807) is 0 Å². The van der Waals surface area contributed by atoms with Gasteiger partial charge in [-0.15, -0.1) is 0 Å². The molecule has 0 fully saturated rings. The molecule has 2 aromatic rings. The lowest BCUT2D eigenvalue weighted by Crippen LogP contribution is -2.35. The maximum Gasteiger partial charge on any atom is 0.171 e. The van der Waals surface area contributed by atoms with Gasteiger partial charge in [-0.3, -0.25) is 0 Å². The van der Waals surface area contributed by atoms with E-state index in [1.165, 1.54) is 11.1 Å². The Morgan fingerprint density at radius 3 is 2.33 bits per heavy atom. The molecule has 0 spiro atoms. The third kappa shape index (κ3) is 4.96. The summed E-state index contributed by atoms with van der Waals surface area (Å²) in [4.78, 5) is 0. The van der Waals surface area contributed by atoms with E-state index in [2.05, 4.69) is 55.7 Å². The molecule has 1 atom stereocenters. The zero-order valence-electron chi connectivity index (χ0n) is 14.8. The first-order valence-electron chi connectivity index (χ1n) is 8.37. The van der Waals surface area contributed by atoms with Crippen molar-refractivity contribution >= 4 is 23.0 Å². The Bertz CT molecular complexity index is 668. The molecule has 128 valence electrons. The van der Waals surface area contributed by atoms with E-state index in [0.29, 0.717) is 17.6 Å². The van der Waals surface area contributed by atoms with Crippen LogP contribution in [0, 0.1) is 12.8 Å². The minimum absolute atomic E-state index is 0.175. The summed E-state index contributed by atoms with van der Waals surface area (Å²) in [6.07, 6.45) is 0. The maximum absolute atomic E-state index is 5.51. The highest BCUT2D eigenvalue weighted by Gasteiger charge is 2.18. The number of anilines is 1. The highest BCUT2D eigenvalue weighted by molar-refractivity contribution is 7.80. The Morgan fingerprint density at radius 2 is 1.75 bits per heavy atom. The first-order valence-corrected chi connectivity index (χ1v) is 8.78. The third-order valence-corrected chi connectivity index (χ3v) is 4.12. The summed E-state index contributed by atoms with van der Waals surface area (Å²) in [6, 6.07) is 16.4. The first-order chi connectivity index (χ1) is 11.5. The van der Waals surface area contributed by atoms with E-state index >= 15 is 0 Å². The van der Waals surface area contributed by atoms with Gasteiger partial charge in [-0.2, -0.15) is 0 Å². The van der Waals surface area contributed by atoms with E-state index in [-0.39, 0.29) is 6.04 Å². The Hall–Kier alpha value is -2.07. The summed E-state index contributed by atoms with van der Waals surface area (Å²) >= 11 is 5.51. The van der Waals surface area contributed by atoms with Gasteiger partial charge in [0.2, 0.25) is 0 Å². The summed E-state index contributed by atoms with van der Waals surface area (Å²) in [6.45, 7) is 9.17. The number of benzene rings is 2. The van der Waals surface area contributed by atoms with Gasteiger partial charge in [0.25, 0.3) is 0 Å². The van der Waals surface area contributed by atoms with Crippen molar-refractivity contribution in [2.75, 3.05) is 11.9 Å². The molecule has 3 nitrogen and oxygen atoms in total. The fourth-order valence-corrected chi connectivity index (χ4v) is 2.89. The predicted octanol–water partition coefficient (Wildman–Crippen LogP) is 5.08. The molecule has 0 aromatic heterocycles. The van der Waals surface area contributed by atoms with Crippen molar-refractivity contribution < 1.29 is 4.74 Å². The van der Waals surface area contributed by atoms with Crippen molar-refractivity contribution in [2.45, 2.75) is 33.7 Å². The quantitative estimate of drug-likeness (QED) is 0.718. The average Bonchev–Trinajstić information content (AvgIpc) is 2.55. The Labute approximate surface area is 150 Å². The van der Waals surface area contributed by atoms with Gasteiger partial charge in [-0.1, -0.05) is 38.1 Å². The van der Waals surface area contributed by atoms with Gasteiger partial charge in [-0.05, 0) is 67.4 Å². The number of hydrogen-bond donors (Lipinski definition) is 2. The van der Waals surface area contributed by atoms with E-state index in [9.17, 15) is 0 Å². The van der Waals surface area contributed by atoms with E-state index in [1.807, 2.05) is 31.2 Å². The monoisotopic (exact) mass is 342 g/mol. The molecule has 1 unspecified atom stereocenters. The van der Waals surface area contributed by atoms with Gasteiger partial charge in [0.05, 0.1) is 12.6 Å². The summed E-state index contributed by atoms with van der Waals surface area (Å²) in [7, 11) is 0. The van der Waals surface area contributed by atoms with Gasteiger partial charge in [-0.25, -0.2) is 0 Å². The molecule has 0 aliphatic carbocycles. The lowest BCUT2D eigenvalue weighted by Gasteiger charge is -2.26. The topological polar surface area (TPSA) is 33.3 Å². The molecule has 4 heteroatoms. The standard InChI is InChI=1S/C20H26N2OS/c1-5-23-17-12-10-16(11-13-17)21-20(24)22-19(14(2)3)18-9-7-6-8-15(18)4/h6-14,19H,5H2,1-4H3,(H2,21,22,24). The van der Waals surface area contributed by atoms with Crippen molar-refractivity contribution in [2.24, 2.45) is 5.92 Å². The molecule has 0 aliphatic rings. The molecule has 2 rings (SSSR count). The van der Waals surface area contributed by atoms with Gasteiger partial charge in [0.1, 0.15) is 5.75 Å². The number of nitrogens with one attached hydrogen (secondary N) is 2. The van der Waals surface area contributed by atoms with Gasteiger partial charge in [0.15, 0.2) is 5.11 Å². The summed E-state index contributed by atoms with van der Waals surface area (Å²) < 4.78 is 5.46. The van der Waals surface area contributed by atoms with Crippen LogP contribution in [0.3, 0.4) is 0 Å². The first kappa shape index (κ1) is 18.3. The minimum Gasteiger partial charge on any atom is -0.494 e. The summed E-state index contributed by atoms with van der Waals surface area (Å²) in [5.74, 6) is 1.29. The molecule has 0 saturated heterocycles. The number of rotatable bonds is 6. The lowest BCUT2D eigenvalue weighted by atomic mass is 9.93. The maximum atomic E-state index is 5.51. The molecule has 24 heavy (non-hydrogen) atoms. The van der Waals surface area contributed by atoms with Crippen LogP contribution in [0.15, 0.2) is 48.5 Å². The fraction of sp³-hybridized carbons (Fsp3) is 0.350. The molecular formula is C20H26N2OS. The van der Waals surface area contributed by atoms with Crippen LogP contribution in [-0.2, 0) is 0 Å². The minimum atomic E-state index is 0.175. The van der Waals surface area contributed by atoms with Crippen LogP contribution in [0.5, 0.6) is 5.75 Å². The van der Waals surface area contributed by atoms with E-state index in [4.69, 9.17) is 17.0 Å². The third-order valence-electron chi connectivity index (χ3n) is 3.90. The number of thiocarbonyl (C=S) groups is 1. The van der Waals surface area contributed by atoms with E-state index < -0.39 is 0 Å². The second-order valence-corrected chi connectivity index (χ2v) is 6.54. The van der Waals surface area contributed by atoms with Gasteiger partial charge < -0.3 is 15.4 Å². The van der Waals surface area contributed by atoms with Crippen molar-refractivity contribution in [3.63, 3.8) is 0 Å². The van der Waals surface area contributed by atoms with E-state index in [0.717, 1.165) is 11.4 Å². The molecule has 0 radical (unpaired) electrons. The van der Waals surface area contributed by atoms with Crippen LogP contribution < -0.4 is 15.4 Å². The predicted molar refractivity (Wildman–Crippen MR) is 106 cm³/mol. The van der Waals surface area contributed by atoms with Crippen LogP contribution >= 0.6 is 12.2 Å². The van der Waals surface area contributed by atoms with Crippen LogP contribution in [0.1, 0.15) is 37.9 Å². The van der Waals surface area contributed by atoms with Crippen molar-refractivity contribution in [1.82, 2.24) is 5.32 Å². The molecule has 0 aliphatic heterocycles. The summed E-state index contributed by atoms with van der Waals surface area (Å²) in [5.41, 5.74) is 3.50. The van der Waals surface area contributed by atoms with Crippen LogP contribution in [0.25, 0.3) is 0 Å². The van der Waals surface area contributed by atoms with Crippen molar-refractivity contribution in [1.29, 1.82) is 0 Å². The van der Waals surface area contributed by atoms with Gasteiger partial charge >= 0.3 is 0 Å². The number of aryl methyl sites for hydroxylation is 1. The molecule has 0 saturated carbocycles. The lowest BCUT2D eigenvalue weighted by molar-refractivity contribution is 0.340. The Kier molecular flexibility index (Phi) is 6.62.